The molecule has 3 aromatic rings. The summed E-state index contributed by atoms with van der Waals surface area (Å²) < 4.78 is 15.8. The highest BCUT2D eigenvalue weighted by atomic mass is 32.2. The molecule has 0 radical (unpaired) electrons. The molecule has 1 saturated heterocycles. The molecule has 0 saturated carbocycles. The van der Waals surface area contributed by atoms with Crippen LogP contribution in [0.3, 0.4) is 0 Å². The van der Waals surface area contributed by atoms with Crippen molar-refractivity contribution in [3.63, 3.8) is 0 Å². The molecule has 1 aliphatic rings. The number of aromatic nitrogens is 3. The van der Waals surface area contributed by atoms with Crippen molar-refractivity contribution < 1.29 is 9.18 Å². The van der Waals surface area contributed by atoms with E-state index in [9.17, 15) is 9.18 Å². The Balaban J connectivity index is 1.42. The van der Waals surface area contributed by atoms with Crippen LogP contribution in [0.1, 0.15) is 28.8 Å². The molecular weight excluding hydrogens is 375 g/mol. The SMILES string of the molecule is Cn1c(SCc2ccc(C(=O)N3CCCC3)cc2)nnc1-c1ccccc1F. The molecule has 0 bridgehead atoms. The molecule has 144 valence electrons. The summed E-state index contributed by atoms with van der Waals surface area (Å²) in [6, 6.07) is 14.3. The van der Waals surface area contributed by atoms with Crippen LogP contribution in [-0.4, -0.2) is 38.7 Å². The van der Waals surface area contributed by atoms with Gasteiger partial charge in [-0.25, -0.2) is 4.39 Å². The van der Waals surface area contributed by atoms with Gasteiger partial charge in [-0.05, 0) is 42.7 Å². The van der Waals surface area contributed by atoms with Crippen LogP contribution in [0, 0.1) is 5.82 Å². The van der Waals surface area contributed by atoms with Gasteiger partial charge in [-0.15, -0.1) is 10.2 Å². The monoisotopic (exact) mass is 396 g/mol. The first-order chi connectivity index (χ1) is 13.6. The summed E-state index contributed by atoms with van der Waals surface area (Å²) in [4.78, 5) is 14.3. The Morgan fingerprint density at radius 2 is 1.79 bits per heavy atom. The third-order valence-electron chi connectivity index (χ3n) is 4.91. The van der Waals surface area contributed by atoms with Crippen molar-refractivity contribution in [1.29, 1.82) is 0 Å². The van der Waals surface area contributed by atoms with Crippen molar-refractivity contribution in [2.75, 3.05) is 13.1 Å². The van der Waals surface area contributed by atoms with Gasteiger partial charge in [0.1, 0.15) is 5.82 Å². The number of hydrogen-bond acceptors (Lipinski definition) is 4. The van der Waals surface area contributed by atoms with Crippen LogP contribution in [0.15, 0.2) is 53.7 Å². The minimum atomic E-state index is -0.312. The molecule has 7 heteroatoms. The average Bonchev–Trinajstić information content (AvgIpc) is 3.37. The van der Waals surface area contributed by atoms with Gasteiger partial charge in [0.15, 0.2) is 11.0 Å². The molecular formula is C21H21FN4OS. The zero-order valence-electron chi connectivity index (χ0n) is 15.6. The van der Waals surface area contributed by atoms with Gasteiger partial charge < -0.3 is 9.47 Å². The van der Waals surface area contributed by atoms with Crippen LogP contribution in [0.25, 0.3) is 11.4 Å². The minimum absolute atomic E-state index is 0.111. The van der Waals surface area contributed by atoms with E-state index in [1.165, 1.54) is 17.8 Å². The van der Waals surface area contributed by atoms with E-state index in [1.807, 2.05) is 36.2 Å². The van der Waals surface area contributed by atoms with E-state index in [0.717, 1.165) is 42.2 Å². The Bertz CT molecular complexity index is 980. The maximum absolute atomic E-state index is 14.0. The number of carbonyl (C=O) groups excluding carboxylic acids is 1. The van der Waals surface area contributed by atoms with Gasteiger partial charge in [-0.2, -0.15) is 0 Å². The lowest BCUT2D eigenvalue weighted by molar-refractivity contribution is 0.0793. The van der Waals surface area contributed by atoms with Gasteiger partial charge in [0.25, 0.3) is 5.91 Å². The van der Waals surface area contributed by atoms with Crippen LogP contribution >= 0.6 is 11.8 Å². The summed E-state index contributed by atoms with van der Waals surface area (Å²) in [5, 5.41) is 9.06. The van der Waals surface area contributed by atoms with E-state index in [0.29, 0.717) is 17.1 Å². The van der Waals surface area contributed by atoms with E-state index in [-0.39, 0.29) is 11.7 Å². The van der Waals surface area contributed by atoms with E-state index in [2.05, 4.69) is 10.2 Å². The molecule has 0 unspecified atom stereocenters. The van der Waals surface area contributed by atoms with Crippen LogP contribution in [-0.2, 0) is 12.8 Å². The maximum Gasteiger partial charge on any atom is 0.253 e. The smallest absolute Gasteiger partial charge is 0.253 e. The Morgan fingerprint density at radius 3 is 2.50 bits per heavy atom. The van der Waals surface area contributed by atoms with Crippen LogP contribution in [0.4, 0.5) is 4.39 Å². The topological polar surface area (TPSA) is 51.0 Å². The third kappa shape index (κ3) is 3.80. The first kappa shape index (κ1) is 18.7. The number of hydrogen-bond donors (Lipinski definition) is 0. The zero-order valence-corrected chi connectivity index (χ0v) is 16.5. The van der Waals surface area contributed by atoms with Gasteiger partial charge in [0.2, 0.25) is 0 Å². The molecule has 28 heavy (non-hydrogen) atoms. The fraction of sp³-hybridized carbons (Fsp3) is 0.286. The fourth-order valence-corrected chi connectivity index (χ4v) is 4.18. The summed E-state index contributed by atoms with van der Waals surface area (Å²) in [5.74, 6) is 1.00. The molecule has 1 amide bonds. The number of nitrogens with zero attached hydrogens (tertiary/aromatic N) is 4. The van der Waals surface area contributed by atoms with Crippen LogP contribution in [0.2, 0.25) is 0 Å². The number of benzene rings is 2. The van der Waals surface area contributed by atoms with E-state index in [4.69, 9.17) is 0 Å². The Morgan fingerprint density at radius 1 is 1.07 bits per heavy atom. The third-order valence-corrected chi connectivity index (χ3v) is 6.00. The number of thioether (sulfide) groups is 1. The summed E-state index contributed by atoms with van der Waals surface area (Å²) in [7, 11) is 1.84. The minimum Gasteiger partial charge on any atom is -0.339 e. The van der Waals surface area contributed by atoms with Gasteiger partial charge in [-0.3, -0.25) is 4.79 Å². The summed E-state index contributed by atoms with van der Waals surface area (Å²) in [6.07, 6.45) is 2.18. The molecule has 2 aromatic carbocycles. The second-order valence-electron chi connectivity index (χ2n) is 6.83. The Labute approximate surface area is 167 Å². The summed E-state index contributed by atoms with van der Waals surface area (Å²) >= 11 is 1.53. The number of halogens is 1. The normalized spacial score (nSPS) is 13.9. The van der Waals surface area contributed by atoms with E-state index >= 15 is 0 Å². The van der Waals surface area contributed by atoms with Gasteiger partial charge in [0.05, 0.1) is 5.56 Å². The summed E-state index contributed by atoms with van der Waals surface area (Å²) in [5.41, 5.74) is 2.27. The lowest BCUT2D eigenvalue weighted by Gasteiger charge is -2.15. The van der Waals surface area contributed by atoms with Gasteiger partial charge in [-0.1, -0.05) is 36.0 Å². The predicted octanol–water partition coefficient (Wildman–Crippen LogP) is 4.15. The molecule has 2 heterocycles. The van der Waals surface area contributed by atoms with E-state index < -0.39 is 0 Å². The van der Waals surface area contributed by atoms with Crippen molar-refractivity contribution >= 4 is 17.7 Å². The standard InChI is InChI=1S/C21H21FN4OS/c1-25-19(17-6-2-3-7-18(17)22)23-24-21(25)28-14-15-8-10-16(11-9-15)20(27)26-12-4-5-13-26/h2-3,6-11H,4-5,12-14H2,1H3. The molecule has 0 spiro atoms. The number of carbonyl (C=O) groups is 1. The molecule has 1 aliphatic heterocycles. The van der Waals surface area contributed by atoms with Crippen molar-refractivity contribution in [2.24, 2.45) is 7.05 Å². The highest BCUT2D eigenvalue weighted by Crippen LogP contribution is 2.26. The van der Waals surface area contributed by atoms with Gasteiger partial charge in [0, 0.05) is 31.5 Å². The van der Waals surface area contributed by atoms with Crippen molar-refractivity contribution in [2.45, 2.75) is 23.8 Å². The van der Waals surface area contributed by atoms with Crippen LogP contribution in [0.5, 0.6) is 0 Å². The molecule has 0 N–H and O–H groups in total. The number of likely N-dealkylation sites (tertiary alicyclic amines) is 1. The van der Waals surface area contributed by atoms with Crippen molar-refractivity contribution in [3.8, 4) is 11.4 Å². The highest BCUT2D eigenvalue weighted by Gasteiger charge is 2.19. The average molecular weight is 396 g/mol. The van der Waals surface area contributed by atoms with Crippen molar-refractivity contribution in [3.05, 3.63) is 65.5 Å². The molecule has 0 atom stereocenters. The Hall–Kier alpha value is -2.67. The molecule has 1 fully saturated rings. The summed E-state index contributed by atoms with van der Waals surface area (Å²) in [6.45, 7) is 1.71. The quantitative estimate of drug-likeness (QED) is 0.608. The lowest BCUT2D eigenvalue weighted by atomic mass is 10.1. The first-order valence-corrected chi connectivity index (χ1v) is 10.3. The second kappa shape index (κ2) is 8.14. The molecule has 1 aromatic heterocycles. The first-order valence-electron chi connectivity index (χ1n) is 9.29. The fourth-order valence-electron chi connectivity index (χ4n) is 3.31. The lowest BCUT2D eigenvalue weighted by Crippen LogP contribution is -2.27. The highest BCUT2D eigenvalue weighted by molar-refractivity contribution is 7.98. The number of amides is 1. The van der Waals surface area contributed by atoms with Crippen molar-refractivity contribution in [1.82, 2.24) is 19.7 Å². The zero-order chi connectivity index (χ0) is 19.5. The van der Waals surface area contributed by atoms with Crippen LogP contribution < -0.4 is 0 Å². The van der Waals surface area contributed by atoms with E-state index in [1.54, 1.807) is 22.8 Å². The predicted molar refractivity (Wildman–Crippen MR) is 108 cm³/mol. The number of rotatable bonds is 5. The Kier molecular flexibility index (Phi) is 5.43. The van der Waals surface area contributed by atoms with Gasteiger partial charge >= 0.3 is 0 Å². The molecule has 4 rings (SSSR count). The molecule has 0 aliphatic carbocycles. The molecule has 5 nitrogen and oxygen atoms in total. The maximum atomic E-state index is 14.0. The largest absolute Gasteiger partial charge is 0.339 e. The second-order valence-corrected chi connectivity index (χ2v) is 7.77.